The van der Waals surface area contributed by atoms with E-state index in [1.54, 1.807) is 6.07 Å². The van der Waals surface area contributed by atoms with E-state index in [0.29, 0.717) is 23.9 Å². The first-order valence-electron chi connectivity index (χ1n) is 7.66. The highest BCUT2D eigenvalue weighted by Crippen LogP contribution is 2.24. The molecule has 1 atom stereocenters. The smallest absolute Gasteiger partial charge is 0.255 e. The van der Waals surface area contributed by atoms with Crippen molar-refractivity contribution in [2.24, 2.45) is 0 Å². The Morgan fingerprint density at radius 1 is 1.14 bits per heavy atom. The summed E-state index contributed by atoms with van der Waals surface area (Å²) in [5, 5.41) is 6.36. The van der Waals surface area contributed by atoms with Crippen molar-refractivity contribution in [3.63, 3.8) is 0 Å². The van der Waals surface area contributed by atoms with Crippen molar-refractivity contribution in [3.8, 4) is 11.5 Å². The van der Waals surface area contributed by atoms with Gasteiger partial charge in [-0.1, -0.05) is 30.3 Å². The Morgan fingerprint density at radius 2 is 1.91 bits per heavy atom. The first-order valence-corrected chi connectivity index (χ1v) is 7.66. The molecule has 2 aromatic rings. The van der Waals surface area contributed by atoms with Gasteiger partial charge in [-0.2, -0.15) is 0 Å². The van der Waals surface area contributed by atoms with Crippen LogP contribution >= 0.6 is 0 Å². The number of ether oxygens (including phenoxy) is 1. The number of hydrogen-bond donors (Lipinski definition) is 2. The van der Waals surface area contributed by atoms with Gasteiger partial charge in [0, 0.05) is 12.6 Å². The number of benzene rings is 2. The number of carbonyl (C=O) groups excluding carboxylic acids is 1. The van der Waals surface area contributed by atoms with E-state index < -0.39 is 0 Å². The summed E-state index contributed by atoms with van der Waals surface area (Å²) in [5.41, 5.74) is 0.560. The maximum absolute atomic E-state index is 12.4. The molecule has 1 aliphatic heterocycles. The largest absolute Gasteiger partial charge is 0.457 e. The summed E-state index contributed by atoms with van der Waals surface area (Å²) in [5.74, 6) is 1.20. The van der Waals surface area contributed by atoms with Gasteiger partial charge in [0.05, 0.1) is 5.56 Å². The maximum Gasteiger partial charge on any atom is 0.255 e. The summed E-state index contributed by atoms with van der Waals surface area (Å²) >= 11 is 0. The Labute approximate surface area is 130 Å². The number of amides is 1. The lowest BCUT2D eigenvalue weighted by Crippen LogP contribution is -2.37. The fraction of sp³-hybridized carbons (Fsp3) is 0.278. The van der Waals surface area contributed by atoms with Gasteiger partial charge >= 0.3 is 0 Å². The van der Waals surface area contributed by atoms with Crippen molar-refractivity contribution < 1.29 is 9.53 Å². The fourth-order valence-electron chi connectivity index (χ4n) is 2.60. The van der Waals surface area contributed by atoms with Crippen LogP contribution in [0.25, 0.3) is 0 Å². The standard InChI is InChI=1S/C18H20N2O2/c21-18(20-13-14-7-6-12-19-14)16-10-4-5-11-17(16)22-15-8-2-1-3-9-15/h1-5,8-11,14,19H,6-7,12-13H2,(H,20,21). The van der Waals surface area contributed by atoms with Crippen molar-refractivity contribution in [1.82, 2.24) is 10.6 Å². The third-order valence-corrected chi connectivity index (χ3v) is 3.77. The van der Waals surface area contributed by atoms with Crippen LogP contribution in [0.5, 0.6) is 11.5 Å². The molecular formula is C18H20N2O2. The topological polar surface area (TPSA) is 50.4 Å². The maximum atomic E-state index is 12.4. The molecule has 0 radical (unpaired) electrons. The Kier molecular flexibility index (Phi) is 4.71. The van der Waals surface area contributed by atoms with E-state index in [1.807, 2.05) is 48.5 Å². The van der Waals surface area contributed by atoms with Gasteiger partial charge < -0.3 is 15.4 Å². The molecule has 1 amide bonds. The van der Waals surface area contributed by atoms with Crippen LogP contribution in [0, 0.1) is 0 Å². The Morgan fingerprint density at radius 3 is 2.68 bits per heavy atom. The van der Waals surface area contributed by atoms with Crippen LogP contribution in [0.3, 0.4) is 0 Å². The lowest BCUT2D eigenvalue weighted by atomic mass is 10.1. The summed E-state index contributed by atoms with van der Waals surface area (Å²) in [6.45, 7) is 1.69. The molecule has 3 rings (SSSR count). The minimum atomic E-state index is -0.0970. The van der Waals surface area contributed by atoms with E-state index in [9.17, 15) is 4.79 Å². The minimum Gasteiger partial charge on any atom is -0.457 e. The van der Waals surface area contributed by atoms with Crippen molar-refractivity contribution in [3.05, 3.63) is 60.2 Å². The number of para-hydroxylation sites is 2. The van der Waals surface area contributed by atoms with Crippen LogP contribution in [0.1, 0.15) is 23.2 Å². The first kappa shape index (κ1) is 14.6. The van der Waals surface area contributed by atoms with E-state index in [1.165, 1.54) is 6.42 Å². The molecule has 4 nitrogen and oxygen atoms in total. The molecule has 2 aromatic carbocycles. The van der Waals surface area contributed by atoms with Gasteiger partial charge in [0.2, 0.25) is 0 Å². The Bertz CT molecular complexity index is 622. The predicted molar refractivity (Wildman–Crippen MR) is 86.3 cm³/mol. The molecular weight excluding hydrogens is 276 g/mol. The average Bonchev–Trinajstić information content (AvgIpc) is 3.08. The second-order valence-corrected chi connectivity index (χ2v) is 5.41. The fourth-order valence-corrected chi connectivity index (χ4v) is 2.60. The van der Waals surface area contributed by atoms with Gasteiger partial charge in [0.15, 0.2) is 0 Å². The highest BCUT2D eigenvalue weighted by atomic mass is 16.5. The monoisotopic (exact) mass is 296 g/mol. The van der Waals surface area contributed by atoms with Gasteiger partial charge in [0.1, 0.15) is 11.5 Å². The summed E-state index contributed by atoms with van der Waals surface area (Å²) < 4.78 is 5.83. The van der Waals surface area contributed by atoms with E-state index in [2.05, 4.69) is 10.6 Å². The molecule has 2 N–H and O–H groups in total. The van der Waals surface area contributed by atoms with Crippen LogP contribution < -0.4 is 15.4 Å². The van der Waals surface area contributed by atoms with E-state index >= 15 is 0 Å². The molecule has 0 aromatic heterocycles. The molecule has 1 saturated heterocycles. The molecule has 4 heteroatoms. The Balaban J connectivity index is 1.68. The number of nitrogens with one attached hydrogen (secondary N) is 2. The van der Waals surface area contributed by atoms with Gasteiger partial charge in [-0.15, -0.1) is 0 Å². The summed E-state index contributed by atoms with van der Waals surface area (Å²) in [6, 6.07) is 17.2. The van der Waals surface area contributed by atoms with Crippen LogP contribution in [-0.4, -0.2) is 25.0 Å². The summed E-state index contributed by atoms with van der Waals surface area (Å²) in [7, 11) is 0. The SMILES string of the molecule is O=C(NCC1CCCN1)c1ccccc1Oc1ccccc1. The number of hydrogen-bond acceptors (Lipinski definition) is 3. The molecule has 114 valence electrons. The van der Waals surface area contributed by atoms with Gasteiger partial charge in [-0.25, -0.2) is 0 Å². The zero-order chi connectivity index (χ0) is 15.2. The van der Waals surface area contributed by atoms with Crippen LogP contribution in [-0.2, 0) is 0 Å². The third-order valence-electron chi connectivity index (χ3n) is 3.77. The Hall–Kier alpha value is -2.33. The average molecular weight is 296 g/mol. The third kappa shape index (κ3) is 3.65. The summed E-state index contributed by atoms with van der Waals surface area (Å²) in [6.07, 6.45) is 2.29. The lowest BCUT2D eigenvalue weighted by molar-refractivity contribution is 0.0948. The van der Waals surface area contributed by atoms with Crippen molar-refractivity contribution in [2.45, 2.75) is 18.9 Å². The van der Waals surface area contributed by atoms with Gasteiger partial charge in [0.25, 0.3) is 5.91 Å². The molecule has 1 heterocycles. The molecule has 22 heavy (non-hydrogen) atoms. The van der Waals surface area contributed by atoms with Crippen molar-refractivity contribution >= 4 is 5.91 Å². The molecule has 0 saturated carbocycles. The van der Waals surface area contributed by atoms with E-state index in [-0.39, 0.29) is 5.91 Å². The molecule has 0 aliphatic carbocycles. The van der Waals surface area contributed by atoms with E-state index in [4.69, 9.17) is 4.74 Å². The molecule has 1 aliphatic rings. The minimum absolute atomic E-state index is 0.0970. The quantitative estimate of drug-likeness (QED) is 0.892. The molecule has 0 bridgehead atoms. The predicted octanol–water partition coefficient (Wildman–Crippen LogP) is 2.96. The van der Waals surface area contributed by atoms with Gasteiger partial charge in [-0.3, -0.25) is 4.79 Å². The number of rotatable bonds is 5. The van der Waals surface area contributed by atoms with Crippen LogP contribution in [0.2, 0.25) is 0 Å². The highest BCUT2D eigenvalue weighted by Gasteiger charge is 2.17. The number of carbonyl (C=O) groups is 1. The van der Waals surface area contributed by atoms with Crippen molar-refractivity contribution in [1.29, 1.82) is 0 Å². The normalized spacial score (nSPS) is 17.2. The molecule has 0 spiro atoms. The van der Waals surface area contributed by atoms with Gasteiger partial charge in [-0.05, 0) is 43.7 Å². The first-order chi connectivity index (χ1) is 10.8. The molecule has 1 fully saturated rings. The lowest BCUT2D eigenvalue weighted by Gasteiger charge is -2.14. The zero-order valence-corrected chi connectivity index (χ0v) is 12.4. The second-order valence-electron chi connectivity index (χ2n) is 5.41. The van der Waals surface area contributed by atoms with E-state index in [0.717, 1.165) is 18.7 Å². The van der Waals surface area contributed by atoms with Crippen molar-refractivity contribution in [2.75, 3.05) is 13.1 Å². The highest BCUT2D eigenvalue weighted by molar-refractivity contribution is 5.97. The molecule has 1 unspecified atom stereocenters. The second kappa shape index (κ2) is 7.09. The summed E-state index contributed by atoms with van der Waals surface area (Å²) in [4.78, 5) is 12.4. The van der Waals surface area contributed by atoms with Crippen LogP contribution in [0.15, 0.2) is 54.6 Å². The zero-order valence-electron chi connectivity index (χ0n) is 12.4. The van der Waals surface area contributed by atoms with Crippen LogP contribution in [0.4, 0.5) is 0 Å².